The Bertz CT molecular complexity index is 773. The molecule has 2 saturated carbocycles. The van der Waals surface area contributed by atoms with Crippen LogP contribution in [0.4, 0.5) is 0 Å². The molecule has 0 amide bonds. The molecule has 3 heteroatoms. The highest BCUT2D eigenvalue weighted by Crippen LogP contribution is 2.62. The van der Waals surface area contributed by atoms with Gasteiger partial charge in [-0.15, -0.1) is 0 Å². The molecule has 4 bridgehead atoms. The summed E-state index contributed by atoms with van der Waals surface area (Å²) in [6.07, 6.45) is 10.3. The van der Waals surface area contributed by atoms with Gasteiger partial charge >= 0.3 is 0 Å². The molecular weight excluding hydrogens is 390 g/mol. The van der Waals surface area contributed by atoms with Crippen LogP contribution in [0.2, 0.25) is 0 Å². The maximum absolute atomic E-state index is 5.64. The first kappa shape index (κ1) is 24.2. The molecule has 0 aromatic heterocycles. The summed E-state index contributed by atoms with van der Waals surface area (Å²) < 4.78 is 0. The van der Waals surface area contributed by atoms with Crippen molar-refractivity contribution in [3.8, 4) is 0 Å². The first-order valence-electron chi connectivity index (χ1n) is 13.3. The molecular formula is C29H49N3. The normalized spacial score (nSPS) is 37.0. The summed E-state index contributed by atoms with van der Waals surface area (Å²) in [5, 5.41) is 7.32. The van der Waals surface area contributed by atoms with Gasteiger partial charge in [-0.2, -0.15) is 0 Å². The minimum absolute atomic E-state index is 0.316. The van der Waals surface area contributed by atoms with Crippen molar-refractivity contribution in [1.29, 1.82) is 0 Å². The zero-order chi connectivity index (χ0) is 23.3. The Balaban J connectivity index is 1.42. The maximum atomic E-state index is 5.64. The zero-order valence-electron chi connectivity index (χ0n) is 21.6. The third-order valence-electron chi connectivity index (χ3n) is 10.4. The standard InChI is InChI=1S/C29H49N3/c1-18(8-9-21-14-22-16-25(19(21)2)28(22,4)5)27(32-13-12-31-11-10-30)24-15-23-17-26(20(24)3)29(23,6)7/h14-15,19-20,22-23,25-27,31-32H,1,8-13,16-17,30H2,2-7H3. The number of allylic oxidation sites excluding steroid dienone is 3. The van der Waals surface area contributed by atoms with Gasteiger partial charge in [0.25, 0.3) is 0 Å². The maximum Gasteiger partial charge on any atom is 0.0496 e. The molecule has 3 nitrogen and oxygen atoms in total. The van der Waals surface area contributed by atoms with Crippen molar-refractivity contribution in [2.24, 2.45) is 52.1 Å². The van der Waals surface area contributed by atoms with Gasteiger partial charge in [-0.3, -0.25) is 0 Å². The summed E-state index contributed by atoms with van der Waals surface area (Å²) in [7, 11) is 0. The second-order valence-corrected chi connectivity index (χ2v) is 12.6. The van der Waals surface area contributed by atoms with Crippen LogP contribution in [0.1, 0.15) is 67.2 Å². The highest BCUT2D eigenvalue weighted by Gasteiger charge is 2.54. The van der Waals surface area contributed by atoms with Gasteiger partial charge in [0.2, 0.25) is 0 Å². The van der Waals surface area contributed by atoms with Gasteiger partial charge in [0.15, 0.2) is 0 Å². The molecule has 0 aromatic carbocycles. The summed E-state index contributed by atoms with van der Waals surface area (Å²) in [5.41, 5.74) is 11.3. The van der Waals surface area contributed by atoms with E-state index in [9.17, 15) is 0 Å². The van der Waals surface area contributed by atoms with Crippen LogP contribution in [0.15, 0.2) is 35.5 Å². The molecule has 6 aliphatic rings. The van der Waals surface area contributed by atoms with E-state index in [2.05, 4.69) is 70.9 Å². The van der Waals surface area contributed by atoms with E-state index in [0.717, 1.165) is 55.6 Å². The van der Waals surface area contributed by atoms with E-state index in [4.69, 9.17) is 5.73 Å². The molecule has 7 unspecified atom stereocenters. The van der Waals surface area contributed by atoms with Crippen LogP contribution >= 0.6 is 0 Å². The second kappa shape index (κ2) is 9.04. The number of fused-ring (bicyclic) bond motifs is 2. The molecule has 0 aliphatic heterocycles. The summed E-state index contributed by atoms with van der Waals surface area (Å²) >= 11 is 0. The summed E-state index contributed by atoms with van der Waals surface area (Å²) in [6.45, 7) is 23.0. The molecule has 0 saturated heterocycles. The van der Waals surface area contributed by atoms with E-state index in [-0.39, 0.29) is 0 Å². The summed E-state index contributed by atoms with van der Waals surface area (Å²) in [5.74, 6) is 4.60. The van der Waals surface area contributed by atoms with Crippen molar-refractivity contribution in [3.05, 3.63) is 35.5 Å². The van der Waals surface area contributed by atoms with E-state index < -0.39 is 0 Å². The van der Waals surface area contributed by atoms with Crippen LogP contribution in [0.3, 0.4) is 0 Å². The van der Waals surface area contributed by atoms with Gasteiger partial charge in [-0.1, -0.05) is 71.4 Å². The largest absolute Gasteiger partial charge is 0.329 e. The highest BCUT2D eigenvalue weighted by molar-refractivity contribution is 5.34. The first-order valence-corrected chi connectivity index (χ1v) is 13.3. The Hall–Kier alpha value is -0.900. The van der Waals surface area contributed by atoms with E-state index in [1.807, 2.05) is 0 Å². The fourth-order valence-corrected chi connectivity index (χ4v) is 7.69. The van der Waals surface area contributed by atoms with Crippen LogP contribution in [-0.2, 0) is 0 Å². The molecule has 4 N–H and O–H groups in total. The molecule has 0 spiro atoms. The molecule has 7 atom stereocenters. The highest BCUT2D eigenvalue weighted by atomic mass is 15.0. The SMILES string of the molecule is C=C(CCC1=CC2CC(C1C)C2(C)C)C(NCCNCCN)C1=CC2CC(C1C)C2(C)C. The predicted molar refractivity (Wildman–Crippen MR) is 137 cm³/mol. The van der Waals surface area contributed by atoms with Crippen LogP contribution in [0, 0.1) is 46.3 Å². The van der Waals surface area contributed by atoms with Crippen molar-refractivity contribution in [3.63, 3.8) is 0 Å². The molecule has 6 rings (SSSR count). The number of hydrogen-bond acceptors (Lipinski definition) is 3. The van der Waals surface area contributed by atoms with Crippen LogP contribution in [0.5, 0.6) is 0 Å². The van der Waals surface area contributed by atoms with Gasteiger partial charge in [0.05, 0.1) is 0 Å². The Morgan fingerprint density at radius 2 is 1.62 bits per heavy atom. The predicted octanol–water partition coefficient (Wildman–Crippen LogP) is 5.31. The van der Waals surface area contributed by atoms with Crippen molar-refractivity contribution in [2.45, 2.75) is 73.3 Å². The Morgan fingerprint density at radius 1 is 1.00 bits per heavy atom. The average Bonchev–Trinajstić information content (AvgIpc) is 2.75. The van der Waals surface area contributed by atoms with Crippen molar-refractivity contribution in [2.75, 3.05) is 26.2 Å². The lowest BCUT2D eigenvalue weighted by Gasteiger charge is -2.59. The van der Waals surface area contributed by atoms with E-state index in [1.54, 1.807) is 11.1 Å². The summed E-state index contributed by atoms with van der Waals surface area (Å²) in [4.78, 5) is 0. The van der Waals surface area contributed by atoms with Crippen LogP contribution in [0.25, 0.3) is 0 Å². The van der Waals surface area contributed by atoms with E-state index in [0.29, 0.717) is 29.3 Å². The summed E-state index contributed by atoms with van der Waals surface area (Å²) in [6, 6.07) is 0.316. The zero-order valence-corrected chi connectivity index (χ0v) is 21.6. The van der Waals surface area contributed by atoms with Crippen molar-refractivity contribution < 1.29 is 0 Å². The van der Waals surface area contributed by atoms with Crippen LogP contribution in [-0.4, -0.2) is 32.2 Å². The fourth-order valence-electron chi connectivity index (χ4n) is 7.69. The van der Waals surface area contributed by atoms with Gasteiger partial charge in [-0.05, 0) is 77.6 Å². The lowest BCUT2D eigenvalue weighted by Crippen LogP contribution is -2.53. The topological polar surface area (TPSA) is 50.1 Å². The Morgan fingerprint density at radius 3 is 2.19 bits per heavy atom. The molecule has 32 heavy (non-hydrogen) atoms. The molecule has 0 heterocycles. The van der Waals surface area contributed by atoms with Crippen molar-refractivity contribution >= 4 is 0 Å². The minimum Gasteiger partial charge on any atom is -0.329 e. The molecule has 180 valence electrons. The third kappa shape index (κ3) is 4.07. The smallest absolute Gasteiger partial charge is 0.0496 e. The van der Waals surface area contributed by atoms with Crippen LogP contribution < -0.4 is 16.4 Å². The number of nitrogens with two attached hydrogens (primary N) is 1. The minimum atomic E-state index is 0.316. The molecule has 6 aliphatic carbocycles. The third-order valence-corrected chi connectivity index (χ3v) is 10.4. The average molecular weight is 440 g/mol. The van der Waals surface area contributed by atoms with Gasteiger partial charge in [0.1, 0.15) is 0 Å². The first-order chi connectivity index (χ1) is 15.1. The molecule has 2 fully saturated rings. The number of nitrogens with one attached hydrogen (secondary N) is 2. The Labute approximate surface area is 197 Å². The molecule has 0 radical (unpaired) electrons. The number of rotatable bonds is 11. The number of hydrogen-bond donors (Lipinski definition) is 3. The molecule has 0 aromatic rings. The van der Waals surface area contributed by atoms with E-state index >= 15 is 0 Å². The lowest BCUT2D eigenvalue weighted by atomic mass is 9.46. The Kier molecular flexibility index (Phi) is 6.85. The fraction of sp³-hybridized carbons (Fsp3) is 0.793. The van der Waals surface area contributed by atoms with Gasteiger partial charge in [-0.25, -0.2) is 0 Å². The van der Waals surface area contributed by atoms with E-state index in [1.165, 1.54) is 24.8 Å². The monoisotopic (exact) mass is 439 g/mol. The lowest BCUT2D eigenvalue weighted by molar-refractivity contribution is -0.0334. The van der Waals surface area contributed by atoms with Gasteiger partial charge < -0.3 is 16.4 Å². The van der Waals surface area contributed by atoms with Crippen molar-refractivity contribution in [1.82, 2.24) is 10.6 Å². The van der Waals surface area contributed by atoms with Gasteiger partial charge in [0, 0.05) is 32.2 Å². The quantitative estimate of drug-likeness (QED) is 0.302. The second-order valence-electron chi connectivity index (χ2n) is 12.6.